The highest BCUT2D eigenvalue weighted by atomic mass is 16.5. The molecule has 0 heterocycles. The number of aliphatic hydroxyl groups is 1. The molecule has 0 aromatic carbocycles. The van der Waals surface area contributed by atoms with Crippen LogP contribution in [-0.2, 0) is 14.3 Å². The molecule has 0 radical (unpaired) electrons. The van der Waals surface area contributed by atoms with Crippen molar-refractivity contribution in [1.29, 1.82) is 0 Å². The Morgan fingerprint density at radius 1 is 0.865 bits per heavy atom. The number of hydrogen-bond acceptors (Lipinski definition) is 4. The van der Waals surface area contributed by atoms with E-state index in [2.05, 4.69) is 48.1 Å². The fourth-order valence-electron chi connectivity index (χ4n) is 12.0. The minimum atomic E-state index is -1.04. The summed E-state index contributed by atoms with van der Waals surface area (Å²) in [6, 6.07) is 0. The number of esters is 1. The Morgan fingerprint density at radius 3 is 2.14 bits per heavy atom. The molecule has 208 valence electrons. The van der Waals surface area contributed by atoms with Gasteiger partial charge in [0.25, 0.3) is 0 Å². The molecule has 0 unspecified atom stereocenters. The topological polar surface area (TPSA) is 83.8 Å². The second kappa shape index (κ2) is 8.32. The molecule has 0 bridgehead atoms. The van der Waals surface area contributed by atoms with Crippen LogP contribution in [0.1, 0.15) is 106 Å². The van der Waals surface area contributed by atoms with Crippen molar-refractivity contribution in [2.24, 2.45) is 56.7 Å². The normalized spacial score (nSPS) is 52.2. The molecule has 5 heteroatoms. The predicted octanol–water partition coefficient (Wildman–Crippen LogP) is 6.63. The maximum Gasteiger partial charge on any atom is 0.312 e. The summed E-state index contributed by atoms with van der Waals surface area (Å²) < 4.78 is 5.86. The van der Waals surface area contributed by atoms with E-state index in [9.17, 15) is 19.8 Å². The van der Waals surface area contributed by atoms with Crippen molar-refractivity contribution >= 4 is 11.9 Å². The highest BCUT2D eigenvalue weighted by molar-refractivity contribution is 5.77. The summed E-state index contributed by atoms with van der Waals surface area (Å²) in [5.41, 5.74) is -0.00275. The number of hydrogen-bond donors (Lipinski definition) is 2. The summed E-state index contributed by atoms with van der Waals surface area (Å²) >= 11 is 0. The Hall–Kier alpha value is -1.36. The van der Waals surface area contributed by atoms with Crippen molar-refractivity contribution in [3.05, 3.63) is 12.2 Å². The maximum absolute atomic E-state index is 12.9. The molecular formula is C32H50O5. The molecule has 5 aliphatic rings. The van der Waals surface area contributed by atoms with Crippen molar-refractivity contribution < 1.29 is 24.5 Å². The van der Waals surface area contributed by atoms with E-state index in [-0.39, 0.29) is 51.5 Å². The molecule has 5 aliphatic carbocycles. The van der Waals surface area contributed by atoms with E-state index < -0.39 is 17.5 Å². The molecule has 5 rings (SSSR count). The minimum absolute atomic E-state index is 0.0272. The Balaban J connectivity index is 1.55. The van der Waals surface area contributed by atoms with Crippen LogP contribution >= 0.6 is 0 Å². The highest BCUT2D eigenvalue weighted by Gasteiger charge is 2.74. The highest BCUT2D eigenvalue weighted by Crippen LogP contribution is 2.77. The van der Waals surface area contributed by atoms with Crippen molar-refractivity contribution in [2.45, 2.75) is 118 Å². The number of carbonyl (C=O) groups excluding carboxylic acids is 1. The van der Waals surface area contributed by atoms with Crippen molar-refractivity contribution in [3.8, 4) is 0 Å². The molecule has 0 aliphatic heterocycles. The molecule has 5 saturated carbocycles. The van der Waals surface area contributed by atoms with Crippen LogP contribution in [-0.4, -0.2) is 34.4 Å². The van der Waals surface area contributed by atoms with Crippen LogP contribution in [0.25, 0.3) is 0 Å². The van der Waals surface area contributed by atoms with Crippen LogP contribution in [0.2, 0.25) is 0 Å². The van der Waals surface area contributed by atoms with E-state index in [0.29, 0.717) is 24.7 Å². The molecular weight excluding hydrogens is 464 g/mol. The third kappa shape index (κ3) is 3.31. The lowest BCUT2D eigenvalue weighted by Gasteiger charge is -2.73. The standard InChI is InChI=1S/C32H50O5/c1-18(2)20-11-16-32(27(35)36)24(34)17-31(8)21(26(20)32)9-10-23-29(6)14-13-25(37-19(3)33)28(4,5)22(29)12-15-30(23,31)7/h20-26,34H,1,9-17H2,2-8H3,(H,35,36)/t20-,21-,22+,23-,24-,25+,26-,29-,30+,31+,32-/m0/s1. The Kier molecular flexibility index (Phi) is 6.12. The average Bonchev–Trinajstić information content (AvgIpc) is 3.19. The van der Waals surface area contributed by atoms with E-state index in [0.717, 1.165) is 50.5 Å². The van der Waals surface area contributed by atoms with E-state index in [4.69, 9.17) is 4.74 Å². The van der Waals surface area contributed by atoms with Gasteiger partial charge in [0.05, 0.1) is 11.5 Å². The van der Waals surface area contributed by atoms with Gasteiger partial charge < -0.3 is 14.9 Å². The summed E-state index contributed by atoms with van der Waals surface area (Å²) in [6.07, 6.45) is 7.37. The summed E-state index contributed by atoms with van der Waals surface area (Å²) in [6.45, 7) is 19.9. The van der Waals surface area contributed by atoms with Crippen molar-refractivity contribution in [3.63, 3.8) is 0 Å². The number of allylic oxidation sites excluding steroid dienone is 1. The lowest BCUT2D eigenvalue weighted by molar-refractivity contribution is -0.264. The van der Waals surface area contributed by atoms with Gasteiger partial charge in [-0.3, -0.25) is 9.59 Å². The smallest absolute Gasteiger partial charge is 0.312 e. The van der Waals surface area contributed by atoms with Crippen LogP contribution in [0.4, 0.5) is 0 Å². The van der Waals surface area contributed by atoms with Gasteiger partial charge in [-0.2, -0.15) is 0 Å². The van der Waals surface area contributed by atoms with Gasteiger partial charge in [-0.15, -0.1) is 0 Å². The molecule has 0 saturated heterocycles. The minimum Gasteiger partial charge on any atom is -0.481 e. The monoisotopic (exact) mass is 514 g/mol. The molecule has 0 amide bonds. The number of carbonyl (C=O) groups is 2. The zero-order valence-corrected chi connectivity index (χ0v) is 24.2. The Labute approximate surface area is 223 Å². The quantitative estimate of drug-likeness (QED) is 0.326. The number of carboxylic acids is 1. The van der Waals surface area contributed by atoms with E-state index in [1.54, 1.807) is 0 Å². The Morgan fingerprint density at radius 2 is 1.54 bits per heavy atom. The molecule has 2 N–H and O–H groups in total. The first-order chi connectivity index (χ1) is 17.1. The molecule has 11 atom stereocenters. The van der Waals surface area contributed by atoms with E-state index >= 15 is 0 Å². The number of aliphatic hydroxyl groups excluding tert-OH is 1. The van der Waals surface area contributed by atoms with Crippen LogP contribution in [0.5, 0.6) is 0 Å². The van der Waals surface area contributed by atoms with Gasteiger partial charge in [0.15, 0.2) is 0 Å². The van der Waals surface area contributed by atoms with Gasteiger partial charge in [0, 0.05) is 12.3 Å². The maximum atomic E-state index is 12.9. The Bertz CT molecular complexity index is 1000. The zero-order chi connectivity index (χ0) is 27.3. The van der Waals surface area contributed by atoms with Gasteiger partial charge in [0.1, 0.15) is 6.10 Å². The van der Waals surface area contributed by atoms with Gasteiger partial charge in [0.2, 0.25) is 0 Å². The molecule has 0 aromatic heterocycles. The van der Waals surface area contributed by atoms with Gasteiger partial charge >= 0.3 is 11.9 Å². The summed E-state index contributed by atoms with van der Waals surface area (Å²) in [4.78, 5) is 24.8. The van der Waals surface area contributed by atoms with E-state index in [1.165, 1.54) is 6.92 Å². The first-order valence-electron chi connectivity index (χ1n) is 14.8. The van der Waals surface area contributed by atoms with Crippen molar-refractivity contribution in [2.75, 3.05) is 0 Å². The van der Waals surface area contributed by atoms with Crippen LogP contribution < -0.4 is 0 Å². The van der Waals surface area contributed by atoms with Crippen molar-refractivity contribution in [1.82, 2.24) is 0 Å². The number of carboxylic acid groups (broad SMARTS) is 1. The van der Waals surface area contributed by atoms with Crippen LogP contribution in [0, 0.1) is 56.7 Å². The molecule has 5 fully saturated rings. The molecule has 0 spiro atoms. The van der Waals surface area contributed by atoms with Crippen LogP contribution in [0.3, 0.4) is 0 Å². The molecule has 5 nitrogen and oxygen atoms in total. The fraction of sp³-hybridized carbons (Fsp3) is 0.875. The summed E-state index contributed by atoms with van der Waals surface area (Å²) in [5, 5.41) is 22.3. The number of rotatable bonds is 3. The zero-order valence-electron chi connectivity index (χ0n) is 24.2. The lowest BCUT2D eigenvalue weighted by Crippen LogP contribution is -2.69. The predicted molar refractivity (Wildman–Crippen MR) is 144 cm³/mol. The second-order valence-electron chi connectivity index (χ2n) is 15.2. The largest absolute Gasteiger partial charge is 0.481 e. The van der Waals surface area contributed by atoms with Gasteiger partial charge in [-0.05, 0) is 111 Å². The SMILES string of the molecule is C=C(C)[C@@H]1CC[C@@]2(C(=O)O)[C@@H]1[C@@H]1CC[C@H]3[C@@]4(C)CC[C@@H](OC(C)=O)C(C)(C)[C@H]4CC[C@@]3(C)[C@]1(C)C[C@@H]2O. The first-order valence-corrected chi connectivity index (χ1v) is 14.8. The first kappa shape index (κ1) is 27.2. The number of aliphatic carboxylic acids is 1. The lowest BCUT2D eigenvalue weighted by atomic mass is 9.32. The third-order valence-corrected chi connectivity index (χ3v) is 13.8. The van der Waals surface area contributed by atoms with E-state index in [1.807, 2.05) is 0 Å². The average molecular weight is 515 g/mol. The fourth-order valence-corrected chi connectivity index (χ4v) is 12.0. The van der Waals surface area contributed by atoms with Gasteiger partial charge in [-0.25, -0.2) is 0 Å². The second-order valence-corrected chi connectivity index (χ2v) is 15.2. The summed E-state index contributed by atoms with van der Waals surface area (Å²) in [7, 11) is 0. The summed E-state index contributed by atoms with van der Waals surface area (Å²) in [5.74, 6) is 0.393. The number of fused-ring (bicyclic) bond motifs is 7. The van der Waals surface area contributed by atoms with Gasteiger partial charge in [-0.1, -0.05) is 46.8 Å². The third-order valence-electron chi connectivity index (χ3n) is 13.8. The number of ether oxygens (including phenoxy) is 1. The van der Waals surface area contributed by atoms with Crippen LogP contribution in [0.15, 0.2) is 12.2 Å². The molecule has 0 aromatic rings. The molecule has 37 heavy (non-hydrogen) atoms.